The third-order valence-corrected chi connectivity index (χ3v) is 6.26. The van der Waals surface area contributed by atoms with Gasteiger partial charge in [-0.1, -0.05) is 23.7 Å². The minimum atomic E-state index is -3.79. The first-order chi connectivity index (χ1) is 15.4. The molecule has 8 nitrogen and oxygen atoms in total. The Morgan fingerprint density at radius 2 is 1.44 bits per heavy atom. The fraction of sp³-hybridized carbons (Fsp3) is 0.0455. The molecular formula is C22H19ClN6O2S. The third kappa shape index (κ3) is 5.32. The standard InChI is InChI=1S/C22H19ClN6O2S/c1-15-10-11-24-20(12-15)28-22-13-21(25-14-26-22)27-16-6-8-17(9-7-16)29-32(30,31)19-5-3-2-4-18(19)23/h2-14,29H,1H3,(H2,24,25,26,27,28). The van der Waals surface area contributed by atoms with Crippen molar-refractivity contribution >= 4 is 50.5 Å². The van der Waals surface area contributed by atoms with Crippen LogP contribution in [0.5, 0.6) is 0 Å². The highest BCUT2D eigenvalue weighted by Crippen LogP contribution is 2.25. The number of pyridine rings is 1. The number of nitrogens with one attached hydrogen (secondary N) is 3. The van der Waals surface area contributed by atoms with Crippen LogP contribution in [0.4, 0.5) is 28.8 Å². The molecule has 4 aromatic rings. The molecule has 0 fully saturated rings. The van der Waals surface area contributed by atoms with E-state index in [1.165, 1.54) is 18.5 Å². The summed E-state index contributed by atoms with van der Waals surface area (Å²) in [7, 11) is -3.79. The molecule has 3 N–H and O–H groups in total. The third-order valence-electron chi connectivity index (χ3n) is 4.37. The Hall–Kier alpha value is -3.69. The van der Waals surface area contributed by atoms with E-state index >= 15 is 0 Å². The molecule has 2 heterocycles. The summed E-state index contributed by atoms with van der Waals surface area (Å²) in [6.07, 6.45) is 3.16. The number of hydrogen-bond acceptors (Lipinski definition) is 7. The Morgan fingerprint density at radius 1 is 0.781 bits per heavy atom. The van der Waals surface area contributed by atoms with Crippen molar-refractivity contribution in [3.05, 3.63) is 89.8 Å². The fourth-order valence-corrected chi connectivity index (χ4v) is 4.45. The zero-order chi connectivity index (χ0) is 22.6. The van der Waals surface area contributed by atoms with Crippen LogP contribution >= 0.6 is 11.6 Å². The molecule has 0 aliphatic rings. The number of hydrogen-bond donors (Lipinski definition) is 3. The summed E-state index contributed by atoms with van der Waals surface area (Å²) in [6.45, 7) is 1.98. The SMILES string of the molecule is Cc1ccnc(Nc2cc(Nc3ccc(NS(=O)(=O)c4ccccc4Cl)cc3)ncn2)c1. The van der Waals surface area contributed by atoms with E-state index in [2.05, 4.69) is 30.3 Å². The lowest BCUT2D eigenvalue weighted by Gasteiger charge is -2.11. The summed E-state index contributed by atoms with van der Waals surface area (Å²) >= 11 is 6.01. The van der Waals surface area contributed by atoms with E-state index in [1.807, 2.05) is 19.1 Å². The highest BCUT2D eigenvalue weighted by atomic mass is 35.5. The van der Waals surface area contributed by atoms with Crippen molar-refractivity contribution in [3.8, 4) is 0 Å². The molecule has 162 valence electrons. The van der Waals surface area contributed by atoms with Crippen molar-refractivity contribution < 1.29 is 8.42 Å². The molecule has 2 aromatic heterocycles. The lowest BCUT2D eigenvalue weighted by molar-refractivity contribution is 0.601. The van der Waals surface area contributed by atoms with Crippen LogP contribution in [0.2, 0.25) is 5.02 Å². The largest absolute Gasteiger partial charge is 0.340 e. The van der Waals surface area contributed by atoms with Crippen LogP contribution in [0.1, 0.15) is 5.56 Å². The maximum Gasteiger partial charge on any atom is 0.263 e. The zero-order valence-corrected chi connectivity index (χ0v) is 18.5. The van der Waals surface area contributed by atoms with Gasteiger partial charge >= 0.3 is 0 Å². The lowest BCUT2D eigenvalue weighted by atomic mass is 10.3. The van der Waals surface area contributed by atoms with Gasteiger partial charge in [0.25, 0.3) is 10.0 Å². The molecule has 0 spiro atoms. The predicted octanol–water partition coefficient (Wildman–Crippen LogP) is 5.12. The van der Waals surface area contributed by atoms with Crippen LogP contribution in [0.3, 0.4) is 0 Å². The van der Waals surface area contributed by atoms with Gasteiger partial charge in [-0.05, 0) is 61.0 Å². The molecule has 0 unspecified atom stereocenters. The van der Waals surface area contributed by atoms with Crippen LogP contribution in [-0.2, 0) is 10.0 Å². The second kappa shape index (κ2) is 9.21. The normalized spacial score (nSPS) is 11.1. The van der Waals surface area contributed by atoms with Gasteiger partial charge in [0.05, 0.1) is 5.02 Å². The van der Waals surface area contributed by atoms with E-state index < -0.39 is 10.0 Å². The summed E-state index contributed by atoms with van der Waals surface area (Å²) in [6, 6.07) is 18.6. The number of anilines is 5. The number of aryl methyl sites for hydroxylation is 1. The molecule has 0 bridgehead atoms. The van der Waals surface area contributed by atoms with Gasteiger partial charge in [-0.15, -0.1) is 0 Å². The molecule has 0 aliphatic heterocycles. The maximum absolute atomic E-state index is 12.6. The van der Waals surface area contributed by atoms with Crippen molar-refractivity contribution in [2.75, 3.05) is 15.4 Å². The van der Waals surface area contributed by atoms with Crippen molar-refractivity contribution in [1.29, 1.82) is 0 Å². The van der Waals surface area contributed by atoms with Gasteiger partial charge < -0.3 is 10.6 Å². The Morgan fingerprint density at radius 3 is 2.16 bits per heavy atom. The molecular weight excluding hydrogens is 448 g/mol. The van der Waals surface area contributed by atoms with Gasteiger partial charge in [-0.25, -0.2) is 23.4 Å². The molecule has 0 saturated heterocycles. The Balaban J connectivity index is 1.44. The minimum Gasteiger partial charge on any atom is -0.340 e. The number of halogens is 1. The Kier molecular flexibility index (Phi) is 6.20. The van der Waals surface area contributed by atoms with E-state index in [0.29, 0.717) is 23.1 Å². The van der Waals surface area contributed by atoms with Crippen molar-refractivity contribution in [2.24, 2.45) is 0 Å². The van der Waals surface area contributed by atoms with E-state index in [0.717, 1.165) is 11.3 Å². The Bertz CT molecular complexity index is 1350. The number of aromatic nitrogens is 3. The summed E-state index contributed by atoms with van der Waals surface area (Å²) in [5.74, 6) is 1.84. The molecule has 0 radical (unpaired) electrons. The topological polar surface area (TPSA) is 109 Å². The molecule has 0 aliphatic carbocycles. The second-order valence-corrected chi connectivity index (χ2v) is 8.93. The van der Waals surface area contributed by atoms with Crippen LogP contribution in [-0.4, -0.2) is 23.4 Å². The Labute approximate surface area is 190 Å². The van der Waals surface area contributed by atoms with Gasteiger partial charge in [0.15, 0.2) is 0 Å². The van der Waals surface area contributed by atoms with Gasteiger partial charge in [0.2, 0.25) is 0 Å². The van der Waals surface area contributed by atoms with E-state index in [4.69, 9.17) is 11.6 Å². The smallest absolute Gasteiger partial charge is 0.263 e. The van der Waals surface area contributed by atoms with Crippen LogP contribution in [0, 0.1) is 6.92 Å². The molecule has 10 heteroatoms. The van der Waals surface area contributed by atoms with Crippen LogP contribution in [0.15, 0.2) is 84.1 Å². The zero-order valence-electron chi connectivity index (χ0n) is 16.9. The maximum atomic E-state index is 12.6. The fourth-order valence-electron chi connectivity index (χ4n) is 2.87. The quantitative estimate of drug-likeness (QED) is 0.346. The highest BCUT2D eigenvalue weighted by Gasteiger charge is 2.17. The number of rotatable bonds is 7. The molecule has 0 amide bonds. The summed E-state index contributed by atoms with van der Waals surface area (Å²) in [5, 5.41) is 6.46. The van der Waals surface area contributed by atoms with E-state index in [-0.39, 0.29) is 9.92 Å². The molecule has 32 heavy (non-hydrogen) atoms. The summed E-state index contributed by atoms with van der Waals surface area (Å²) in [5.41, 5.74) is 2.22. The van der Waals surface area contributed by atoms with Crippen molar-refractivity contribution in [3.63, 3.8) is 0 Å². The van der Waals surface area contributed by atoms with Crippen molar-refractivity contribution in [1.82, 2.24) is 15.0 Å². The molecule has 0 saturated carbocycles. The van der Waals surface area contributed by atoms with Crippen molar-refractivity contribution in [2.45, 2.75) is 11.8 Å². The average Bonchev–Trinajstić information content (AvgIpc) is 2.75. The first-order valence-electron chi connectivity index (χ1n) is 9.55. The predicted molar refractivity (Wildman–Crippen MR) is 126 cm³/mol. The highest BCUT2D eigenvalue weighted by molar-refractivity contribution is 7.92. The van der Waals surface area contributed by atoms with E-state index in [9.17, 15) is 8.42 Å². The van der Waals surface area contributed by atoms with Crippen LogP contribution < -0.4 is 15.4 Å². The monoisotopic (exact) mass is 466 g/mol. The first kappa shape index (κ1) is 21.5. The molecule has 4 rings (SSSR count). The number of nitrogens with zero attached hydrogens (tertiary/aromatic N) is 3. The first-order valence-corrected chi connectivity index (χ1v) is 11.4. The summed E-state index contributed by atoms with van der Waals surface area (Å²) < 4.78 is 27.7. The second-order valence-electron chi connectivity index (χ2n) is 6.87. The molecule has 0 atom stereocenters. The van der Waals surface area contributed by atoms with Gasteiger partial charge in [0.1, 0.15) is 28.7 Å². The van der Waals surface area contributed by atoms with Gasteiger partial charge in [-0.3, -0.25) is 4.72 Å². The average molecular weight is 467 g/mol. The van der Waals surface area contributed by atoms with Gasteiger partial charge in [0, 0.05) is 23.6 Å². The van der Waals surface area contributed by atoms with Crippen LogP contribution in [0.25, 0.3) is 0 Å². The lowest BCUT2D eigenvalue weighted by Crippen LogP contribution is -2.13. The summed E-state index contributed by atoms with van der Waals surface area (Å²) in [4.78, 5) is 12.7. The van der Waals surface area contributed by atoms with E-state index in [1.54, 1.807) is 48.7 Å². The minimum absolute atomic E-state index is 0.0213. The number of benzene rings is 2. The molecule has 2 aromatic carbocycles. The van der Waals surface area contributed by atoms with Gasteiger partial charge in [-0.2, -0.15) is 0 Å². The number of sulfonamides is 1.